The molecule has 28 heavy (non-hydrogen) atoms. The molecule has 1 heterocycles. The number of hydrogen-bond donors (Lipinski definition) is 3. The number of carbonyl (C=O) groups excluding carboxylic acids is 2. The lowest BCUT2D eigenvalue weighted by atomic mass is 10.1. The monoisotopic (exact) mass is 404 g/mol. The zero-order valence-corrected chi connectivity index (χ0v) is 16.2. The standard InChI is InChI=1S/C19H20N2O6S/c1-26-14-4-3-12(11-15(14)27-2)7-9-20-18(25)13-8-10-28-19(13)21-16(22)5-6-17(23)24/h3-6,8,10-11H,7,9H2,1-2H3,(H,20,25)(H,21,22)(H,23,24)/b6-5+. The largest absolute Gasteiger partial charge is 0.493 e. The molecule has 2 rings (SSSR count). The quantitative estimate of drug-likeness (QED) is 0.553. The third-order valence-electron chi connectivity index (χ3n) is 3.67. The Hall–Kier alpha value is -3.33. The van der Waals surface area contributed by atoms with Crippen LogP contribution in [0.25, 0.3) is 0 Å². The van der Waals surface area contributed by atoms with Crippen LogP contribution in [-0.2, 0) is 16.0 Å². The Labute approximate surface area is 165 Å². The van der Waals surface area contributed by atoms with Crippen molar-refractivity contribution >= 4 is 34.1 Å². The number of carboxylic acid groups (broad SMARTS) is 1. The van der Waals surface area contributed by atoms with Gasteiger partial charge in [-0.05, 0) is 35.6 Å². The number of thiophene rings is 1. The first-order valence-corrected chi connectivity index (χ1v) is 9.11. The number of carbonyl (C=O) groups is 3. The topological polar surface area (TPSA) is 114 Å². The second-order valence-electron chi connectivity index (χ2n) is 5.52. The minimum atomic E-state index is -1.23. The Balaban J connectivity index is 1.93. The fourth-order valence-electron chi connectivity index (χ4n) is 2.34. The van der Waals surface area contributed by atoms with Crippen LogP contribution in [0, 0.1) is 0 Å². The van der Waals surface area contributed by atoms with E-state index in [4.69, 9.17) is 14.6 Å². The predicted molar refractivity (Wildman–Crippen MR) is 105 cm³/mol. The summed E-state index contributed by atoms with van der Waals surface area (Å²) in [7, 11) is 3.12. The van der Waals surface area contributed by atoms with Crippen LogP contribution in [0.2, 0.25) is 0 Å². The number of carboxylic acids is 1. The van der Waals surface area contributed by atoms with Crippen molar-refractivity contribution in [2.45, 2.75) is 6.42 Å². The fraction of sp³-hybridized carbons (Fsp3) is 0.211. The minimum Gasteiger partial charge on any atom is -0.493 e. The molecule has 2 amide bonds. The average molecular weight is 404 g/mol. The van der Waals surface area contributed by atoms with Gasteiger partial charge in [0.15, 0.2) is 11.5 Å². The van der Waals surface area contributed by atoms with E-state index in [9.17, 15) is 14.4 Å². The van der Waals surface area contributed by atoms with Gasteiger partial charge in [-0.1, -0.05) is 6.07 Å². The normalized spacial score (nSPS) is 10.5. The molecule has 0 saturated heterocycles. The molecule has 148 valence electrons. The van der Waals surface area contributed by atoms with Crippen LogP contribution in [0.15, 0.2) is 41.8 Å². The highest BCUT2D eigenvalue weighted by Gasteiger charge is 2.14. The van der Waals surface area contributed by atoms with Gasteiger partial charge in [-0.15, -0.1) is 11.3 Å². The summed E-state index contributed by atoms with van der Waals surface area (Å²) in [6.45, 7) is 0.385. The number of benzene rings is 1. The molecule has 0 atom stereocenters. The molecule has 0 radical (unpaired) electrons. The molecule has 3 N–H and O–H groups in total. The molecule has 0 spiro atoms. The van der Waals surface area contributed by atoms with E-state index in [-0.39, 0.29) is 5.91 Å². The average Bonchev–Trinajstić information content (AvgIpc) is 3.14. The predicted octanol–water partition coefficient (Wildman–Crippen LogP) is 2.32. The summed E-state index contributed by atoms with van der Waals surface area (Å²) in [4.78, 5) is 34.5. The van der Waals surface area contributed by atoms with E-state index in [1.54, 1.807) is 31.7 Å². The van der Waals surface area contributed by atoms with E-state index in [1.807, 2.05) is 12.1 Å². The van der Waals surface area contributed by atoms with Crippen LogP contribution in [0.1, 0.15) is 15.9 Å². The number of amides is 2. The third kappa shape index (κ3) is 5.85. The lowest BCUT2D eigenvalue weighted by molar-refractivity contribution is -0.131. The van der Waals surface area contributed by atoms with Gasteiger partial charge in [0.05, 0.1) is 19.8 Å². The molecule has 9 heteroatoms. The van der Waals surface area contributed by atoms with Gasteiger partial charge in [0.1, 0.15) is 5.00 Å². The van der Waals surface area contributed by atoms with Gasteiger partial charge in [0.2, 0.25) is 5.91 Å². The molecule has 2 aromatic rings. The maximum absolute atomic E-state index is 12.4. The van der Waals surface area contributed by atoms with Crippen molar-refractivity contribution < 1.29 is 29.0 Å². The number of ether oxygens (including phenoxy) is 2. The molecule has 1 aromatic heterocycles. The highest BCUT2D eigenvalue weighted by atomic mass is 32.1. The van der Waals surface area contributed by atoms with Crippen LogP contribution in [0.5, 0.6) is 11.5 Å². The first kappa shape index (κ1) is 21.0. The van der Waals surface area contributed by atoms with Gasteiger partial charge in [-0.2, -0.15) is 0 Å². The van der Waals surface area contributed by atoms with Gasteiger partial charge in [0.25, 0.3) is 5.91 Å². The number of rotatable bonds is 9. The number of hydrogen-bond acceptors (Lipinski definition) is 6. The third-order valence-corrected chi connectivity index (χ3v) is 4.50. The van der Waals surface area contributed by atoms with E-state index < -0.39 is 11.9 Å². The lowest BCUT2D eigenvalue weighted by Crippen LogP contribution is -2.26. The number of aliphatic carboxylic acids is 1. The van der Waals surface area contributed by atoms with Crippen LogP contribution in [0.3, 0.4) is 0 Å². The van der Waals surface area contributed by atoms with Crippen molar-refractivity contribution in [3.63, 3.8) is 0 Å². The Morgan fingerprint density at radius 2 is 1.86 bits per heavy atom. The summed E-state index contributed by atoms with van der Waals surface area (Å²) in [6.07, 6.45) is 2.20. The highest BCUT2D eigenvalue weighted by Crippen LogP contribution is 2.27. The van der Waals surface area contributed by atoms with Crippen LogP contribution < -0.4 is 20.1 Å². The first-order valence-electron chi connectivity index (χ1n) is 8.23. The summed E-state index contributed by atoms with van der Waals surface area (Å²) >= 11 is 1.17. The zero-order chi connectivity index (χ0) is 20.5. The van der Waals surface area contributed by atoms with E-state index >= 15 is 0 Å². The van der Waals surface area contributed by atoms with Crippen molar-refractivity contribution in [1.29, 1.82) is 0 Å². The Kier molecular flexibility index (Phi) is 7.58. The summed E-state index contributed by atoms with van der Waals surface area (Å²) in [5.41, 5.74) is 1.28. The molecule has 1 aromatic carbocycles. The molecule has 8 nitrogen and oxygen atoms in total. The molecule has 0 unspecified atom stereocenters. The second kappa shape index (κ2) is 10.1. The number of nitrogens with one attached hydrogen (secondary N) is 2. The second-order valence-corrected chi connectivity index (χ2v) is 6.44. The SMILES string of the molecule is COc1ccc(CCNC(=O)c2ccsc2NC(=O)/C=C/C(=O)O)cc1OC. The first-order chi connectivity index (χ1) is 13.4. The lowest BCUT2D eigenvalue weighted by Gasteiger charge is -2.10. The van der Waals surface area contributed by atoms with Gasteiger partial charge in [-0.25, -0.2) is 4.79 Å². The highest BCUT2D eigenvalue weighted by molar-refractivity contribution is 7.14. The molecule has 0 saturated carbocycles. The molecule has 0 bridgehead atoms. The van der Waals surface area contributed by atoms with E-state index in [1.165, 1.54) is 11.3 Å². The Bertz CT molecular complexity index is 890. The van der Waals surface area contributed by atoms with Crippen molar-refractivity contribution in [2.24, 2.45) is 0 Å². The van der Waals surface area contributed by atoms with Gasteiger partial charge in [0, 0.05) is 18.7 Å². The summed E-state index contributed by atoms with van der Waals surface area (Å²) in [5.74, 6) is -0.938. The van der Waals surface area contributed by atoms with Gasteiger partial charge >= 0.3 is 5.97 Å². The zero-order valence-electron chi connectivity index (χ0n) is 15.4. The summed E-state index contributed by atoms with van der Waals surface area (Å²) < 4.78 is 10.4. The van der Waals surface area contributed by atoms with Crippen molar-refractivity contribution in [2.75, 3.05) is 26.1 Å². The van der Waals surface area contributed by atoms with E-state index in [0.717, 1.165) is 17.7 Å². The van der Waals surface area contributed by atoms with Crippen LogP contribution >= 0.6 is 11.3 Å². The fourth-order valence-corrected chi connectivity index (χ4v) is 3.12. The van der Waals surface area contributed by atoms with Crippen molar-refractivity contribution in [1.82, 2.24) is 5.32 Å². The molecular weight excluding hydrogens is 384 g/mol. The van der Waals surface area contributed by atoms with E-state index in [2.05, 4.69) is 10.6 Å². The minimum absolute atomic E-state index is 0.314. The van der Waals surface area contributed by atoms with Crippen LogP contribution in [-0.4, -0.2) is 43.7 Å². The van der Waals surface area contributed by atoms with Crippen LogP contribution in [0.4, 0.5) is 5.00 Å². The molecule has 0 aliphatic carbocycles. The Morgan fingerprint density at radius 1 is 1.11 bits per heavy atom. The Morgan fingerprint density at radius 3 is 2.54 bits per heavy atom. The maximum Gasteiger partial charge on any atom is 0.328 e. The summed E-state index contributed by atoms with van der Waals surface area (Å²) in [6, 6.07) is 7.12. The number of anilines is 1. The molecule has 0 fully saturated rings. The maximum atomic E-state index is 12.4. The van der Waals surface area contributed by atoms with Gasteiger partial charge in [-0.3, -0.25) is 9.59 Å². The van der Waals surface area contributed by atoms with Gasteiger partial charge < -0.3 is 25.2 Å². The smallest absolute Gasteiger partial charge is 0.328 e. The molecule has 0 aliphatic heterocycles. The van der Waals surface area contributed by atoms with E-state index in [0.29, 0.717) is 35.0 Å². The van der Waals surface area contributed by atoms with Crippen molar-refractivity contribution in [3.8, 4) is 11.5 Å². The summed E-state index contributed by atoms with van der Waals surface area (Å²) in [5, 5.41) is 15.9. The molecule has 0 aliphatic rings. The van der Waals surface area contributed by atoms with Crippen molar-refractivity contribution in [3.05, 3.63) is 52.9 Å². The molecular formula is C19H20N2O6S. The number of methoxy groups -OCH3 is 2.